The van der Waals surface area contributed by atoms with Crippen LogP contribution >= 0.6 is 0 Å². The Morgan fingerprint density at radius 2 is 1.73 bits per heavy atom. The summed E-state index contributed by atoms with van der Waals surface area (Å²) in [5, 5.41) is 2.99. The van der Waals surface area contributed by atoms with Crippen LogP contribution in [0, 0.1) is 0 Å². The number of benzene rings is 2. The van der Waals surface area contributed by atoms with Gasteiger partial charge in [0.2, 0.25) is 11.8 Å². The topological polar surface area (TPSA) is 64.8 Å². The van der Waals surface area contributed by atoms with Crippen LogP contribution in [0.25, 0.3) is 22.6 Å². The Morgan fingerprint density at radius 3 is 2.43 bits per heavy atom. The minimum atomic E-state index is 0.0198. The first kappa shape index (κ1) is 20.5. The lowest BCUT2D eigenvalue weighted by molar-refractivity contribution is -0.117. The SMILES string of the molecule is CN(C)CCN1CCN(CC(=O)Nc2ccc(-c3nc4ccccc4o3)cc2)CC1. The molecule has 0 radical (unpaired) electrons. The molecule has 1 aliphatic rings. The van der Waals surface area contributed by atoms with Gasteiger partial charge in [-0.3, -0.25) is 14.6 Å². The number of piperazine rings is 1. The van der Waals surface area contributed by atoms with E-state index in [-0.39, 0.29) is 5.91 Å². The first-order chi connectivity index (χ1) is 14.6. The molecule has 158 valence electrons. The van der Waals surface area contributed by atoms with Gasteiger partial charge in [-0.25, -0.2) is 4.98 Å². The Balaban J connectivity index is 1.27. The molecule has 1 saturated heterocycles. The van der Waals surface area contributed by atoms with Crippen molar-refractivity contribution in [2.24, 2.45) is 0 Å². The second-order valence-corrected chi connectivity index (χ2v) is 8.03. The van der Waals surface area contributed by atoms with Crippen molar-refractivity contribution in [1.82, 2.24) is 19.7 Å². The van der Waals surface area contributed by atoms with E-state index in [1.165, 1.54) is 0 Å². The zero-order valence-corrected chi connectivity index (χ0v) is 17.7. The number of nitrogens with one attached hydrogen (secondary N) is 1. The summed E-state index contributed by atoms with van der Waals surface area (Å²) in [5.74, 6) is 0.604. The maximum absolute atomic E-state index is 12.4. The van der Waals surface area contributed by atoms with Crippen LogP contribution in [0.3, 0.4) is 0 Å². The van der Waals surface area contributed by atoms with E-state index in [2.05, 4.69) is 39.1 Å². The van der Waals surface area contributed by atoms with E-state index in [9.17, 15) is 4.79 Å². The third kappa shape index (κ3) is 5.24. The normalized spacial score (nSPS) is 15.7. The van der Waals surface area contributed by atoms with Crippen molar-refractivity contribution in [1.29, 1.82) is 0 Å². The number of fused-ring (bicyclic) bond motifs is 1. The molecule has 3 aromatic rings. The van der Waals surface area contributed by atoms with E-state index in [0.717, 1.165) is 61.6 Å². The fraction of sp³-hybridized carbons (Fsp3) is 0.391. The number of anilines is 1. The van der Waals surface area contributed by atoms with Crippen LogP contribution in [0.5, 0.6) is 0 Å². The van der Waals surface area contributed by atoms with E-state index >= 15 is 0 Å². The van der Waals surface area contributed by atoms with Gasteiger partial charge in [0, 0.05) is 50.5 Å². The largest absolute Gasteiger partial charge is 0.436 e. The molecular weight excluding hydrogens is 378 g/mol. The van der Waals surface area contributed by atoms with Crippen molar-refractivity contribution in [2.75, 3.05) is 65.2 Å². The molecule has 1 amide bonds. The summed E-state index contributed by atoms with van der Waals surface area (Å²) < 4.78 is 5.80. The molecule has 0 saturated carbocycles. The summed E-state index contributed by atoms with van der Waals surface area (Å²) >= 11 is 0. The van der Waals surface area contributed by atoms with Crippen molar-refractivity contribution < 1.29 is 9.21 Å². The number of carbonyl (C=O) groups excluding carboxylic acids is 1. The molecule has 0 spiro atoms. The highest BCUT2D eigenvalue weighted by atomic mass is 16.3. The monoisotopic (exact) mass is 407 g/mol. The van der Waals surface area contributed by atoms with Gasteiger partial charge in [-0.1, -0.05) is 12.1 Å². The summed E-state index contributed by atoms with van der Waals surface area (Å²) in [4.78, 5) is 23.8. The number of para-hydroxylation sites is 2. The highest BCUT2D eigenvalue weighted by Gasteiger charge is 2.19. The predicted molar refractivity (Wildman–Crippen MR) is 120 cm³/mol. The number of aromatic nitrogens is 1. The van der Waals surface area contributed by atoms with E-state index in [0.29, 0.717) is 12.4 Å². The zero-order chi connectivity index (χ0) is 20.9. The van der Waals surface area contributed by atoms with Crippen molar-refractivity contribution >= 4 is 22.7 Å². The van der Waals surface area contributed by atoms with Crippen LogP contribution in [0.4, 0.5) is 5.69 Å². The van der Waals surface area contributed by atoms with Gasteiger partial charge in [0.25, 0.3) is 0 Å². The molecule has 7 heteroatoms. The van der Waals surface area contributed by atoms with Crippen LogP contribution in [0.1, 0.15) is 0 Å². The molecule has 1 aliphatic heterocycles. The lowest BCUT2D eigenvalue weighted by atomic mass is 10.2. The minimum absolute atomic E-state index is 0.0198. The van der Waals surface area contributed by atoms with Gasteiger partial charge in [0.1, 0.15) is 5.52 Å². The Morgan fingerprint density at radius 1 is 1.03 bits per heavy atom. The quantitative estimate of drug-likeness (QED) is 0.650. The molecule has 0 aliphatic carbocycles. The Kier molecular flexibility index (Phi) is 6.42. The molecule has 2 aromatic carbocycles. The first-order valence-electron chi connectivity index (χ1n) is 10.4. The van der Waals surface area contributed by atoms with Gasteiger partial charge >= 0.3 is 0 Å². The average Bonchev–Trinajstić information content (AvgIpc) is 3.18. The molecule has 0 unspecified atom stereocenters. The minimum Gasteiger partial charge on any atom is -0.436 e. The average molecular weight is 408 g/mol. The van der Waals surface area contributed by atoms with Crippen LogP contribution in [-0.4, -0.2) is 85.5 Å². The molecule has 0 atom stereocenters. The number of likely N-dealkylation sites (N-methyl/N-ethyl adjacent to an activating group) is 1. The van der Waals surface area contributed by atoms with Crippen molar-refractivity contribution in [2.45, 2.75) is 0 Å². The number of rotatable bonds is 7. The Labute approximate surface area is 177 Å². The van der Waals surface area contributed by atoms with Gasteiger partial charge in [0.15, 0.2) is 5.58 Å². The third-order valence-corrected chi connectivity index (χ3v) is 5.41. The highest BCUT2D eigenvalue weighted by Crippen LogP contribution is 2.25. The number of nitrogens with zero attached hydrogens (tertiary/aromatic N) is 4. The molecule has 1 fully saturated rings. The first-order valence-corrected chi connectivity index (χ1v) is 10.4. The number of amides is 1. The Hall–Kier alpha value is -2.74. The molecule has 1 N–H and O–H groups in total. The van der Waals surface area contributed by atoms with Crippen LogP contribution in [0.15, 0.2) is 52.9 Å². The van der Waals surface area contributed by atoms with Crippen LogP contribution in [-0.2, 0) is 4.79 Å². The van der Waals surface area contributed by atoms with Crippen LogP contribution < -0.4 is 5.32 Å². The molecular formula is C23H29N5O2. The van der Waals surface area contributed by atoms with E-state index in [1.807, 2.05) is 48.5 Å². The maximum atomic E-state index is 12.4. The second kappa shape index (κ2) is 9.38. The van der Waals surface area contributed by atoms with Gasteiger partial charge in [-0.2, -0.15) is 0 Å². The van der Waals surface area contributed by atoms with Gasteiger partial charge in [-0.15, -0.1) is 0 Å². The lowest BCUT2D eigenvalue weighted by Gasteiger charge is -2.34. The van der Waals surface area contributed by atoms with Crippen molar-refractivity contribution in [3.8, 4) is 11.5 Å². The van der Waals surface area contributed by atoms with Gasteiger partial charge in [0.05, 0.1) is 6.54 Å². The molecule has 2 heterocycles. The standard InChI is InChI=1S/C23H29N5O2/c1-26(2)11-12-27-13-15-28(16-14-27)17-22(29)24-19-9-7-18(8-10-19)23-25-20-5-3-4-6-21(20)30-23/h3-10H,11-17H2,1-2H3,(H,24,29). The lowest BCUT2D eigenvalue weighted by Crippen LogP contribution is -2.49. The number of hydrogen-bond donors (Lipinski definition) is 1. The van der Waals surface area contributed by atoms with E-state index < -0.39 is 0 Å². The van der Waals surface area contributed by atoms with Crippen LogP contribution in [0.2, 0.25) is 0 Å². The van der Waals surface area contributed by atoms with Gasteiger partial charge in [-0.05, 0) is 50.5 Å². The zero-order valence-electron chi connectivity index (χ0n) is 17.7. The summed E-state index contributed by atoms with van der Waals surface area (Å²) in [7, 11) is 4.20. The number of hydrogen-bond acceptors (Lipinski definition) is 6. The molecule has 7 nitrogen and oxygen atoms in total. The van der Waals surface area contributed by atoms with Crippen molar-refractivity contribution in [3.05, 3.63) is 48.5 Å². The Bertz CT molecular complexity index is 942. The molecule has 0 bridgehead atoms. The number of carbonyl (C=O) groups is 1. The maximum Gasteiger partial charge on any atom is 0.238 e. The molecule has 1 aromatic heterocycles. The summed E-state index contributed by atoms with van der Waals surface area (Å²) in [6.45, 7) is 6.46. The van der Waals surface area contributed by atoms with Crippen molar-refractivity contribution in [3.63, 3.8) is 0 Å². The fourth-order valence-corrected chi connectivity index (χ4v) is 3.61. The van der Waals surface area contributed by atoms with E-state index in [4.69, 9.17) is 4.42 Å². The summed E-state index contributed by atoms with van der Waals surface area (Å²) in [6, 6.07) is 15.3. The predicted octanol–water partition coefficient (Wildman–Crippen LogP) is 2.61. The summed E-state index contributed by atoms with van der Waals surface area (Å²) in [6.07, 6.45) is 0. The summed E-state index contributed by atoms with van der Waals surface area (Å²) in [5.41, 5.74) is 3.28. The molecule has 30 heavy (non-hydrogen) atoms. The molecule has 4 rings (SSSR count). The highest BCUT2D eigenvalue weighted by molar-refractivity contribution is 5.92. The van der Waals surface area contributed by atoms with Gasteiger partial charge < -0.3 is 14.6 Å². The van der Waals surface area contributed by atoms with E-state index in [1.54, 1.807) is 0 Å². The third-order valence-electron chi connectivity index (χ3n) is 5.41. The fourth-order valence-electron chi connectivity index (χ4n) is 3.61. The number of oxazole rings is 1. The second-order valence-electron chi connectivity index (χ2n) is 8.03. The smallest absolute Gasteiger partial charge is 0.238 e.